The van der Waals surface area contributed by atoms with Gasteiger partial charge in [-0.15, -0.1) is 0 Å². The fraction of sp³-hybridized carbons (Fsp3) is 0.435. The number of halogens is 1. The predicted octanol–water partition coefficient (Wildman–Crippen LogP) is 5.99. The molecular formula is C23H30ClN3O4. The largest absolute Gasteiger partial charge is 0.444 e. The minimum atomic E-state index is -0.682. The lowest BCUT2D eigenvalue weighted by atomic mass is 9.96. The summed E-state index contributed by atoms with van der Waals surface area (Å²) in [5.41, 5.74) is 2.78. The maximum Gasteiger partial charge on any atom is 0.414 e. The highest BCUT2D eigenvalue weighted by molar-refractivity contribution is 6.30. The molecule has 0 bridgehead atoms. The van der Waals surface area contributed by atoms with E-state index in [1.165, 1.54) is 6.07 Å². The van der Waals surface area contributed by atoms with E-state index in [1.54, 1.807) is 20.8 Å². The number of ether oxygens (including phenoxy) is 1. The van der Waals surface area contributed by atoms with Crippen molar-refractivity contribution in [1.29, 1.82) is 0 Å². The Bertz CT molecular complexity index is 945. The molecule has 0 atom stereocenters. The van der Waals surface area contributed by atoms with Gasteiger partial charge in [0.25, 0.3) is 5.91 Å². The first-order chi connectivity index (χ1) is 14.6. The maximum atomic E-state index is 12.4. The summed E-state index contributed by atoms with van der Waals surface area (Å²) in [7, 11) is 0. The normalized spacial score (nSPS) is 11.9. The number of amides is 2. The molecular weight excluding hydrogens is 418 g/mol. The smallest absolute Gasteiger partial charge is 0.414 e. The summed E-state index contributed by atoms with van der Waals surface area (Å²) in [6.45, 7) is 9.83. The van der Waals surface area contributed by atoms with Gasteiger partial charge >= 0.3 is 6.09 Å². The molecule has 7 nitrogen and oxygen atoms in total. The Morgan fingerprint density at radius 3 is 2.68 bits per heavy atom. The molecule has 1 aromatic carbocycles. The molecule has 0 spiro atoms. The molecule has 0 aliphatic heterocycles. The predicted molar refractivity (Wildman–Crippen MR) is 122 cm³/mol. The molecule has 168 valence electrons. The Morgan fingerprint density at radius 2 is 2.00 bits per heavy atom. The topological polar surface area (TPSA) is 93.5 Å². The molecule has 0 aliphatic carbocycles. The van der Waals surface area contributed by atoms with E-state index < -0.39 is 17.6 Å². The van der Waals surface area contributed by atoms with Crippen molar-refractivity contribution in [2.24, 2.45) is 0 Å². The number of benzene rings is 1. The fourth-order valence-corrected chi connectivity index (χ4v) is 3.02. The molecule has 2 N–H and O–H groups in total. The average molecular weight is 448 g/mol. The second kappa shape index (κ2) is 11.0. The van der Waals surface area contributed by atoms with Gasteiger partial charge in [0.15, 0.2) is 5.69 Å². The summed E-state index contributed by atoms with van der Waals surface area (Å²) in [5, 5.41) is 9.64. The number of hydrogen-bond acceptors (Lipinski definition) is 5. The number of hydrogen-bond donors (Lipinski definition) is 2. The molecule has 2 amide bonds. The number of anilines is 1. The van der Waals surface area contributed by atoms with Crippen LogP contribution in [0.15, 0.2) is 34.9 Å². The Labute approximate surface area is 188 Å². The summed E-state index contributed by atoms with van der Waals surface area (Å²) in [6, 6.07) is 7.17. The van der Waals surface area contributed by atoms with Crippen molar-refractivity contribution in [3.05, 3.63) is 52.2 Å². The molecule has 0 unspecified atom stereocenters. The fourth-order valence-electron chi connectivity index (χ4n) is 2.85. The first kappa shape index (κ1) is 24.5. The molecule has 0 radical (unpaired) electrons. The summed E-state index contributed by atoms with van der Waals surface area (Å²) in [5.74, 6) is -0.351. The zero-order chi connectivity index (χ0) is 23.0. The van der Waals surface area contributed by atoms with Gasteiger partial charge in [-0.3, -0.25) is 10.1 Å². The van der Waals surface area contributed by atoms with E-state index >= 15 is 0 Å². The quantitative estimate of drug-likeness (QED) is 0.518. The SMILES string of the molecule is CCCC=C(CCNC(=O)c1cc(NC(=O)OC(C)(C)C)on1)c1cc(Cl)ccc1C. The van der Waals surface area contributed by atoms with Crippen LogP contribution in [0.4, 0.5) is 10.7 Å². The minimum Gasteiger partial charge on any atom is -0.444 e. The molecule has 2 aromatic rings. The minimum absolute atomic E-state index is 0.0393. The van der Waals surface area contributed by atoms with Crippen molar-refractivity contribution in [3.8, 4) is 0 Å². The van der Waals surface area contributed by atoms with Gasteiger partial charge in [0, 0.05) is 17.6 Å². The van der Waals surface area contributed by atoms with E-state index in [2.05, 4.69) is 28.8 Å². The highest BCUT2D eigenvalue weighted by Gasteiger charge is 2.19. The van der Waals surface area contributed by atoms with E-state index in [1.807, 2.05) is 25.1 Å². The third kappa shape index (κ3) is 8.09. The van der Waals surface area contributed by atoms with Crippen molar-refractivity contribution in [3.63, 3.8) is 0 Å². The van der Waals surface area contributed by atoms with Crippen molar-refractivity contribution < 1.29 is 18.8 Å². The molecule has 2 rings (SSSR count). The van der Waals surface area contributed by atoms with E-state index in [0.29, 0.717) is 18.0 Å². The zero-order valence-electron chi connectivity index (χ0n) is 18.7. The molecule has 8 heteroatoms. The number of nitrogens with zero attached hydrogens (tertiary/aromatic N) is 1. The van der Waals surface area contributed by atoms with Crippen LogP contribution in [0.2, 0.25) is 5.02 Å². The van der Waals surface area contributed by atoms with Crippen LogP contribution in [0.3, 0.4) is 0 Å². The van der Waals surface area contributed by atoms with Crippen LogP contribution in [0.25, 0.3) is 5.57 Å². The second-order valence-corrected chi connectivity index (χ2v) is 8.62. The third-order valence-corrected chi connectivity index (χ3v) is 4.51. The molecule has 0 aliphatic rings. The van der Waals surface area contributed by atoms with Crippen LogP contribution in [-0.4, -0.2) is 29.3 Å². The van der Waals surface area contributed by atoms with Crippen LogP contribution in [0.1, 0.15) is 68.6 Å². The van der Waals surface area contributed by atoms with Gasteiger partial charge in [0.2, 0.25) is 5.88 Å². The summed E-state index contributed by atoms with van der Waals surface area (Å²) >= 11 is 6.18. The molecule has 0 saturated carbocycles. The van der Waals surface area contributed by atoms with Crippen LogP contribution in [0.5, 0.6) is 0 Å². The number of aryl methyl sites for hydroxylation is 1. The van der Waals surface area contributed by atoms with Gasteiger partial charge in [-0.05, 0) is 69.4 Å². The molecule has 0 saturated heterocycles. The number of aromatic nitrogens is 1. The first-order valence-electron chi connectivity index (χ1n) is 10.3. The number of nitrogens with one attached hydrogen (secondary N) is 2. The van der Waals surface area contributed by atoms with Crippen LogP contribution >= 0.6 is 11.6 Å². The Balaban J connectivity index is 1.96. The lowest BCUT2D eigenvalue weighted by Gasteiger charge is -2.18. The van der Waals surface area contributed by atoms with Gasteiger partial charge in [0.05, 0.1) is 0 Å². The number of rotatable bonds is 8. The number of allylic oxidation sites excluding steroid dienone is 1. The third-order valence-electron chi connectivity index (χ3n) is 4.27. The standard InChI is InChI=1S/C23H30ClN3O4/c1-6-7-8-16(18-13-17(24)10-9-15(18)2)11-12-25-21(28)19-14-20(31-27-19)26-22(29)30-23(3,4)5/h8-10,13-14H,6-7,11-12H2,1-5H3,(H,25,28)(H,26,29). The van der Waals surface area contributed by atoms with Crippen molar-refractivity contribution in [1.82, 2.24) is 10.5 Å². The Morgan fingerprint density at radius 1 is 1.26 bits per heavy atom. The van der Waals surface area contributed by atoms with E-state index in [9.17, 15) is 9.59 Å². The lowest BCUT2D eigenvalue weighted by Crippen LogP contribution is -2.27. The number of carbonyl (C=O) groups is 2. The van der Waals surface area contributed by atoms with Crippen molar-refractivity contribution in [2.75, 3.05) is 11.9 Å². The Kier molecular flexibility index (Phi) is 8.68. The average Bonchev–Trinajstić information content (AvgIpc) is 3.13. The first-order valence-corrected chi connectivity index (χ1v) is 10.7. The van der Waals surface area contributed by atoms with Crippen LogP contribution in [-0.2, 0) is 4.74 Å². The molecule has 1 aromatic heterocycles. The van der Waals surface area contributed by atoms with Gasteiger partial charge in [-0.25, -0.2) is 4.79 Å². The Hall–Kier alpha value is -2.80. The monoisotopic (exact) mass is 447 g/mol. The van der Waals surface area contributed by atoms with Crippen LogP contribution in [0, 0.1) is 6.92 Å². The van der Waals surface area contributed by atoms with Gasteiger partial charge < -0.3 is 14.6 Å². The van der Waals surface area contributed by atoms with E-state index in [-0.39, 0.29) is 11.6 Å². The summed E-state index contributed by atoms with van der Waals surface area (Å²) in [6.07, 6.45) is 4.12. The van der Waals surface area contributed by atoms with E-state index in [0.717, 1.165) is 29.5 Å². The van der Waals surface area contributed by atoms with Gasteiger partial charge in [-0.1, -0.05) is 42.2 Å². The summed E-state index contributed by atoms with van der Waals surface area (Å²) < 4.78 is 10.1. The number of unbranched alkanes of at least 4 members (excludes halogenated alkanes) is 1. The molecule has 1 heterocycles. The summed E-state index contributed by atoms with van der Waals surface area (Å²) in [4.78, 5) is 24.2. The highest BCUT2D eigenvalue weighted by atomic mass is 35.5. The van der Waals surface area contributed by atoms with Crippen molar-refractivity contribution in [2.45, 2.75) is 59.5 Å². The van der Waals surface area contributed by atoms with Crippen LogP contribution < -0.4 is 10.6 Å². The lowest BCUT2D eigenvalue weighted by molar-refractivity contribution is 0.0631. The highest BCUT2D eigenvalue weighted by Crippen LogP contribution is 2.26. The van der Waals surface area contributed by atoms with Gasteiger partial charge in [0.1, 0.15) is 5.60 Å². The van der Waals surface area contributed by atoms with Crippen molar-refractivity contribution >= 4 is 35.1 Å². The maximum absolute atomic E-state index is 12.4. The second-order valence-electron chi connectivity index (χ2n) is 8.19. The molecule has 0 fully saturated rings. The zero-order valence-corrected chi connectivity index (χ0v) is 19.4. The number of carbonyl (C=O) groups excluding carboxylic acids is 2. The molecule has 31 heavy (non-hydrogen) atoms. The van der Waals surface area contributed by atoms with Gasteiger partial charge in [-0.2, -0.15) is 0 Å². The van der Waals surface area contributed by atoms with E-state index in [4.69, 9.17) is 20.9 Å².